The molecule has 0 saturated carbocycles. The molecule has 0 fully saturated rings. The van der Waals surface area contributed by atoms with Crippen LogP contribution in [0.2, 0.25) is 5.02 Å². The molecular formula is C37H42ClN3O6S. The van der Waals surface area contributed by atoms with E-state index in [4.69, 9.17) is 21.1 Å². The Balaban J connectivity index is 1.84. The van der Waals surface area contributed by atoms with E-state index >= 15 is 0 Å². The SMILES string of the molecule is CCC(C)NC(=O)C(Cc1ccccc1)N(Cc1cccc(OC)c1)C(=O)CN(c1ccc(OC)c(Cl)c1)S(=O)(=O)c1ccc(C)cc1. The average Bonchev–Trinajstić information content (AvgIpc) is 3.09. The van der Waals surface area contributed by atoms with Gasteiger partial charge in [-0.1, -0.05) is 78.7 Å². The van der Waals surface area contributed by atoms with Gasteiger partial charge in [-0.2, -0.15) is 0 Å². The smallest absolute Gasteiger partial charge is 0.264 e. The van der Waals surface area contributed by atoms with Crippen molar-refractivity contribution < 1.29 is 27.5 Å². The van der Waals surface area contributed by atoms with Crippen molar-refractivity contribution in [3.63, 3.8) is 0 Å². The first-order chi connectivity index (χ1) is 23.0. The molecule has 9 nitrogen and oxygen atoms in total. The number of nitrogens with zero attached hydrogens (tertiary/aromatic N) is 2. The number of halogens is 1. The second-order valence-electron chi connectivity index (χ2n) is 11.5. The molecule has 0 aliphatic heterocycles. The Kier molecular flexibility index (Phi) is 12.5. The highest BCUT2D eigenvalue weighted by molar-refractivity contribution is 7.92. The first-order valence-electron chi connectivity index (χ1n) is 15.7. The summed E-state index contributed by atoms with van der Waals surface area (Å²) in [5, 5.41) is 3.21. The van der Waals surface area contributed by atoms with Crippen LogP contribution < -0.4 is 19.1 Å². The van der Waals surface area contributed by atoms with E-state index in [1.54, 1.807) is 43.5 Å². The van der Waals surface area contributed by atoms with Gasteiger partial charge in [-0.15, -0.1) is 0 Å². The standard InChI is InChI=1S/C37H42ClN3O6S/c1-6-27(3)39-37(43)34(22-28-11-8-7-9-12-28)40(24-29-13-10-14-31(21-29)46-4)36(42)25-41(30-17-20-35(47-5)33(38)23-30)48(44,45)32-18-15-26(2)16-19-32/h7-21,23,27,34H,6,22,24-25H2,1-5H3,(H,39,43). The Bertz CT molecular complexity index is 1800. The molecule has 0 spiro atoms. The monoisotopic (exact) mass is 691 g/mol. The molecule has 2 amide bonds. The predicted molar refractivity (Wildman–Crippen MR) is 189 cm³/mol. The van der Waals surface area contributed by atoms with E-state index < -0.39 is 28.5 Å². The second kappa shape index (κ2) is 16.5. The molecule has 4 aromatic carbocycles. The van der Waals surface area contributed by atoms with Crippen LogP contribution in [-0.2, 0) is 32.6 Å². The number of hydrogen-bond acceptors (Lipinski definition) is 6. The number of sulfonamides is 1. The van der Waals surface area contributed by atoms with Crippen molar-refractivity contribution in [1.29, 1.82) is 0 Å². The maximum absolute atomic E-state index is 14.7. The Labute approximate surface area is 288 Å². The fraction of sp³-hybridized carbons (Fsp3) is 0.297. The second-order valence-corrected chi connectivity index (χ2v) is 13.8. The van der Waals surface area contributed by atoms with Gasteiger partial charge in [0.05, 0.1) is 29.8 Å². The van der Waals surface area contributed by atoms with Crippen molar-refractivity contribution in [3.8, 4) is 11.5 Å². The molecule has 0 saturated heterocycles. The molecule has 0 aliphatic carbocycles. The molecule has 11 heteroatoms. The zero-order valence-electron chi connectivity index (χ0n) is 27.9. The number of rotatable bonds is 15. The largest absolute Gasteiger partial charge is 0.497 e. The highest BCUT2D eigenvalue weighted by atomic mass is 35.5. The van der Waals surface area contributed by atoms with Gasteiger partial charge < -0.3 is 19.7 Å². The first kappa shape index (κ1) is 36.3. The number of amides is 2. The lowest BCUT2D eigenvalue weighted by Gasteiger charge is -2.34. The third-order valence-corrected chi connectivity index (χ3v) is 10.2. The minimum Gasteiger partial charge on any atom is -0.497 e. The Morgan fingerprint density at radius 3 is 2.19 bits per heavy atom. The Morgan fingerprint density at radius 2 is 1.56 bits per heavy atom. The molecule has 0 heterocycles. The first-order valence-corrected chi connectivity index (χ1v) is 17.5. The number of methoxy groups -OCH3 is 2. The van der Waals surface area contributed by atoms with E-state index in [0.717, 1.165) is 15.4 Å². The highest BCUT2D eigenvalue weighted by Crippen LogP contribution is 2.32. The lowest BCUT2D eigenvalue weighted by atomic mass is 10.0. The summed E-state index contributed by atoms with van der Waals surface area (Å²) in [6.45, 7) is 5.13. The van der Waals surface area contributed by atoms with Crippen molar-refractivity contribution in [2.24, 2.45) is 0 Å². The summed E-state index contributed by atoms with van der Waals surface area (Å²) in [6, 6.07) is 26.4. The summed E-state index contributed by atoms with van der Waals surface area (Å²) in [7, 11) is -1.27. The summed E-state index contributed by atoms with van der Waals surface area (Å²) in [5.41, 5.74) is 2.60. The molecule has 48 heavy (non-hydrogen) atoms. The summed E-state index contributed by atoms with van der Waals surface area (Å²) in [4.78, 5) is 30.1. The Hall–Kier alpha value is -4.54. The zero-order chi connectivity index (χ0) is 34.8. The summed E-state index contributed by atoms with van der Waals surface area (Å²) in [6.07, 6.45) is 0.895. The van der Waals surface area contributed by atoms with Gasteiger partial charge >= 0.3 is 0 Å². The maximum Gasteiger partial charge on any atom is 0.264 e. The molecule has 2 unspecified atom stereocenters. The number of ether oxygens (including phenoxy) is 2. The topological polar surface area (TPSA) is 105 Å². The van der Waals surface area contributed by atoms with E-state index in [1.807, 2.05) is 57.2 Å². The average molecular weight is 692 g/mol. The third-order valence-electron chi connectivity index (χ3n) is 8.07. The Morgan fingerprint density at radius 1 is 0.875 bits per heavy atom. The number of hydrogen-bond donors (Lipinski definition) is 1. The van der Waals surface area contributed by atoms with Crippen LogP contribution in [0.15, 0.2) is 102 Å². The zero-order valence-corrected chi connectivity index (χ0v) is 29.4. The molecule has 0 aliphatic rings. The van der Waals surface area contributed by atoms with E-state index in [-0.39, 0.29) is 40.5 Å². The van der Waals surface area contributed by atoms with Crippen LogP contribution in [0.3, 0.4) is 0 Å². The number of anilines is 1. The fourth-order valence-electron chi connectivity index (χ4n) is 5.14. The summed E-state index contributed by atoms with van der Waals surface area (Å²) >= 11 is 6.46. The molecule has 2 atom stereocenters. The van der Waals surface area contributed by atoms with Gasteiger partial charge in [0.25, 0.3) is 10.0 Å². The van der Waals surface area contributed by atoms with Crippen LogP contribution >= 0.6 is 11.6 Å². The number of benzene rings is 4. The van der Waals surface area contributed by atoms with Gasteiger partial charge in [-0.05, 0) is 73.9 Å². The van der Waals surface area contributed by atoms with E-state index in [9.17, 15) is 18.0 Å². The van der Waals surface area contributed by atoms with E-state index in [1.165, 1.54) is 36.3 Å². The summed E-state index contributed by atoms with van der Waals surface area (Å²) in [5.74, 6) is 0.00861. The van der Waals surface area contributed by atoms with Crippen LogP contribution in [0.4, 0.5) is 5.69 Å². The minimum absolute atomic E-state index is 0.00235. The van der Waals surface area contributed by atoms with Crippen LogP contribution in [0, 0.1) is 6.92 Å². The number of aryl methyl sites for hydroxylation is 1. The lowest BCUT2D eigenvalue weighted by molar-refractivity contribution is -0.140. The summed E-state index contributed by atoms with van der Waals surface area (Å²) < 4.78 is 40.3. The molecule has 1 N–H and O–H groups in total. The van der Waals surface area contributed by atoms with Gasteiger partial charge in [-0.25, -0.2) is 8.42 Å². The third kappa shape index (κ3) is 9.08. The van der Waals surface area contributed by atoms with Crippen LogP contribution in [-0.4, -0.2) is 58.0 Å². The predicted octanol–water partition coefficient (Wildman–Crippen LogP) is 6.42. The van der Waals surface area contributed by atoms with Crippen molar-refractivity contribution in [2.75, 3.05) is 25.1 Å². The number of carbonyl (C=O) groups excluding carboxylic acids is 2. The molecule has 0 bridgehead atoms. The molecule has 0 aromatic heterocycles. The van der Waals surface area contributed by atoms with Gasteiger partial charge in [-0.3, -0.25) is 13.9 Å². The van der Waals surface area contributed by atoms with Crippen LogP contribution in [0.25, 0.3) is 0 Å². The van der Waals surface area contributed by atoms with Crippen molar-refractivity contribution in [1.82, 2.24) is 10.2 Å². The van der Waals surface area contributed by atoms with Crippen molar-refractivity contribution in [2.45, 2.75) is 57.1 Å². The van der Waals surface area contributed by atoms with Gasteiger partial charge in [0.1, 0.15) is 24.1 Å². The maximum atomic E-state index is 14.7. The normalized spacial score (nSPS) is 12.5. The number of nitrogens with one attached hydrogen (secondary N) is 1. The van der Waals surface area contributed by atoms with Gasteiger partial charge in [0.15, 0.2) is 0 Å². The van der Waals surface area contributed by atoms with E-state index in [0.29, 0.717) is 23.5 Å². The van der Waals surface area contributed by atoms with Crippen molar-refractivity contribution in [3.05, 3.63) is 119 Å². The molecule has 4 aromatic rings. The van der Waals surface area contributed by atoms with E-state index in [2.05, 4.69) is 5.32 Å². The molecule has 0 radical (unpaired) electrons. The van der Waals surface area contributed by atoms with Crippen molar-refractivity contribution >= 4 is 39.1 Å². The van der Waals surface area contributed by atoms with Crippen LogP contribution in [0.5, 0.6) is 11.5 Å². The fourth-order valence-corrected chi connectivity index (χ4v) is 6.80. The van der Waals surface area contributed by atoms with Gasteiger partial charge in [0.2, 0.25) is 11.8 Å². The van der Waals surface area contributed by atoms with Gasteiger partial charge in [0, 0.05) is 19.0 Å². The quantitative estimate of drug-likeness (QED) is 0.154. The number of carbonyl (C=O) groups is 2. The lowest BCUT2D eigenvalue weighted by Crippen LogP contribution is -2.54. The van der Waals surface area contributed by atoms with Crippen LogP contribution in [0.1, 0.15) is 37.0 Å². The minimum atomic E-state index is -4.28. The highest BCUT2D eigenvalue weighted by Gasteiger charge is 2.35. The molecular weight excluding hydrogens is 650 g/mol. The molecule has 254 valence electrons. The molecule has 4 rings (SSSR count).